The predicted molar refractivity (Wildman–Crippen MR) is 169 cm³/mol. The number of carbonyl (C=O) groups excluding carboxylic acids is 3. The second-order valence-electron chi connectivity index (χ2n) is 10.6. The number of aliphatic hydroxyl groups is 1. The molecule has 0 radical (unpaired) electrons. The fourth-order valence-electron chi connectivity index (χ4n) is 4.90. The van der Waals surface area contributed by atoms with Crippen LogP contribution in [0.5, 0.6) is 0 Å². The summed E-state index contributed by atoms with van der Waals surface area (Å²) in [7, 11) is 0. The second kappa shape index (κ2) is 18.1. The highest BCUT2D eigenvalue weighted by atomic mass is 16.5. The van der Waals surface area contributed by atoms with E-state index in [2.05, 4.69) is 23.8 Å². The zero-order valence-corrected chi connectivity index (χ0v) is 24.6. The molecule has 3 N–H and O–H groups in total. The minimum Gasteiger partial charge on any atom is -0.463 e. The Labute approximate surface area is 254 Å². The summed E-state index contributed by atoms with van der Waals surface area (Å²) in [4.78, 5) is 39.5. The molecule has 0 saturated heterocycles. The van der Waals surface area contributed by atoms with Gasteiger partial charge in [0, 0.05) is 6.42 Å². The van der Waals surface area contributed by atoms with E-state index in [9.17, 15) is 19.5 Å². The molecule has 0 heterocycles. The van der Waals surface area contributed by atoms with Crippen LogP contribution in [-0.2, 0) is 32.0 Å². The molecule has 2 amide bonds. The first-order valence-corrected chi connectivity index (χ1v) is 14.6. The molecule has 0 aliphatic carbocycles. The van der Waals surface area contributed by atoms with E-state index in [4.69, 9.17) is 4.74 Å². The summed E-state index contributed by atoms with van der Waals surface area (Å²) >= 11 is 0. The summed E-state index contributed by atoms with van der Waals surface area (Å²) in [5, 5.41) is 15.7. The number of carbonyl (C=O) groups is 3. The van der Waals surface area contributed by atoms with Crippen LogP contribution in [0.25, 0.3) is 0 Å². The number of nitrogens with one attached hydrogen (secondary N) is 2. The molecule has 0 spiro atoms. The standard InChI is InChI=1S/C36H42N2O5/c1-3-14-30(24-34(40)37-32(25-39)23-28-18-10-6-11-19-28)35(41)38-33(29-20-12-7-13-21-29)26-43-36(42)31(15-4-2)22-27-16-8-5-9-17-27/h3-13,16-21,30-33,39H,1-2,14-15,22-26H2,(H,37,40)(H,38,41)/t30-,31-,32+,33+/m1/s1. The van der Waals surface area contributed by atoms with Crippen LogP contribution in [0, 0.1) is 11.8 Å². The van der Waals surface area contributed by atoms with Crippen LogP contribution in [0.15, 0.2) is 116 Å². The molecule has 0 saturated carbocycles. The summed E-state index contributed by atoms with van der Waals surface area (Å²) in [6.07, 6.45) is 4.96. The number of hydrogen-bond donors (Lipinski definition) is 3. The van der Waals surface area contributed by atoms with Crippen molar-refractivity contribution in [1.29, 1.82) is 0 Å². The van der Waals surface area contributed by atoms with Gasteiger partial charge in [-0.2, -0.15) is 0 Å². The van der Waals surface area contributed by atoms with Crippen molar-refractivity contribution in [2.24, 2.45) is 11.8 Å². The number of amides is 2. The Morgan fingerprint density at radius 1 is 0.744 bits per heavy atom. The molecular weight excluding hydrogens is 540 g/mol. The third-order valence-electron chi connectivity index (χ3n) is 7.18. The molecule has 0 aromatic heterocycles. The smallest absolute Gasteiger partial charge is 0.309 e. The van der Waals surface area contributed by atoms with Crippen molar-refractivity contribution in [1.82, 2.24) is 10.6 Å². The maximum atomic E-state index is 13.5. The lowest BCUT2D eigenvalue weighted by atomic mass is 9.96. The molecule has 3 rings (SSSR count). The SMILES string of the molecule is C=CC[C@H](CC(=O)N[C@H](CO)Cc1ccccc1)C(=O)N[C@@H](COC(=O)[C@H](CC=C)Cc1ccccc1)c1ccccc1. The summed E-state index contributed by atoms with van der Waals surface area (Å²) in [6, 6.07) is 27.5. The van der Waals surface area contributed by atoms with Crippen molar-refractivity contribution in [3.8, 4) is 0 Å². The third-order valence-corrected chi connectivity index (χ3v) is 7.18. The number of rotatable bonds is 18. The molecule has 0 aliphatic heterocycles. The van der Waals surface area contributed by atoms with Crippen molar-refractivity contribution in [2.75, 3.05) is 13.2 Å². The zero-order valence-electron chi connectivity index (χ0n) is 24.6. The van der Waals surface area contributed by atoms with Crippen LogP contribution >= 0.6 is 0 Å². The quantitative estimate of drug-likeness (QED) is 0.143. The Balaban J connectivity index is 1.65. The molecule has 226 valence electrons. The summed E-state index contributed by atoms with van der Waals surface area (Å²) in [5.74, 6) is -2.15. The molecule has 0 fully saturated rings. The van der Waals surface area contributed by atoms with Crippen molar-refractivity contribution in [3.63, 3.8) is 0 Å². The van der Waals surface area contributed by atoms with Crippen molar-refractivity contribution < 1.29 is 24.2 Å². The van der Waals surface area contributed by atoms with Gasteiger partial charge >= 0.3 is 5.97 Å². The topological polar surface area (TPSA) is 105 Å². The van der Waals surface area contributed by atoms with E-state index in [0.717, 1.165) is 16.7 Å². The number of aliphatic hydroxyl groups excluding tert-OH is 1. The van der Waals surface area contributed by atoms with E-state index in [-0.39, 0.29) is 43.8 Å². The molecule has 43 heavy (non-hydrogen) atoms. The first kappa shape index (κ1) is 33.0. The van der Waals surface area contributed by atoms with Crippen LogP contribution < -0.4 is 10.6 Å². The van der Waals surface area contributed by atoms with Gasteiger partial charge in [-0.05, 0) is 42.4 Å². The van der Waals surface area contributed by atoms with Gasteiger partial charge in [-0.25, -0.2) is 0 Å². The fourth-order valence-corrected chi connectivity index (χ4v) is 4.90. The van der Waals surface area contributed by atoms with E-state index in [0.29, 0.717) is 19.3 Å². The van der Waals surface area contributed by atoms with Gasteiger partial charge in [-0.15, -0.1) is 13.2 Å². The fraction of sp³-hybridized carbons (Fsp3) is 0.306. The van der Waals surface area contributed by atoms with Gasteiger partial charge in [0.05, 0.1) is 30.5 Å². The number of esters is 1. The van der Waals surface area contributed by atoms with Crippen LogP contribution in [0.4, 0.5) is 0 Å². The van der Waals surface area contributed by atoms with E-state index < -0.39 is 23.9 Å². The minimum atomic E-state index is -0.693. The Kier molecular flexibility index (Phi) is 13.9. The van der Waals surface area contributed by atoms with Crippen LogP contribution in [-0.4, -0.2) is 42.1 Å². The monoisotopic (exact) mass is 582 g/mol. The lowest BCUT2D eigenvalue weighted by Crippen LogP contribution is -2.42. The first-order valence-electron chi connectivity index (χ1n) is 14.6. The number of ether oxygens (including phenoxy) is 1. The third kappa shape index (κ3) is 11.4. The van der Waals surface area contributed by atoms with Crippen LogP contribution in [0.1, 0.15) is 42.0 Å². The number of benzene rings is 3. The van der Waals surface area contributed by atoms with E-state index in [1.165, 1.54) is 0 Å². The van der Waals surface area contributed by atoms with Crippen LogP contribution in [0.2, 0.25) is 0 Å². The van der Waals surface area contributed by atoms with Crippen molar-refractivity contribution in [2.45, 2.75) is 44.2 Å². The highest BCUT2D eigenvalue weighted by molar-refractivity contribution is 5.86. The normalized spacial score (nSPS) is 13.5. The average Bonchev–Trinajstić information content (AvgIpc) is 3.03. The minimum absolute atomic E-state index is 0.0618. The van der Waals surface area contributed by atoms with Gasteiger partial charge in [-0.3, -0.25) is 14.4 Å². The molecule has 3 aromatic carbocycles. The summed E-state index contributed by atoms with van der Waals surface area (Å²) in [6.45, 7) is 7.27. The summed E-state index contributed by atoms with van der Waals surface area (Å²) in [5.41, 5.74) is 2.79. The van der Waals surface area contributed by atoms with Gasteiger partial charge in [0.25, 0.3) is 0 Å². The molecule has 0 bridgehead atoms. The Hall–Kier alpha value is -4.49. The van der Waals surface area contributed by atoms with Crippen molar-refractivity contribution >= 4 is 17.8 Å². The molecule has 7 heteroatoms. The Morgan fingerprint density at radius 2 is 1.28 bits per heavy atom. The summed E-state index contributed by atoms with van der Waals surface area (Å²) < 4.78 is 5.76. The lowest BCUT2D eigenvalue weighted by Gasteiger charge is -2.24. The molecule has 0 aliphatic rings. The second-order valence-corrected chi connectivity index (χ2v) is 10.6. The zero-order chi connectivity index (χ0) is 30.9. The van der Waals surface area contributed by atoms with E-state index in [1.54, 1.807) is 12.2 Å². The molecule has 4 atom stereocenters. The van der Waals surface area contributed by atoms with Gasteiger partial charge < -0.3 is 20.5 Å². The predicted octanol–water partition coefficient (Wildman–Crippen LogP) is 5.12. The molecule has 7 nitrogen and oxygen atoms in total. The number of hydrogen-bond acceptors (Lipinski definition) is 5. The van der Waals surface area contributed by atoms with Crippen LogP contribution in [0.3, 0.4) is 0 Å². The largest absolute Gasteiger partial charge is 0.463 e. The van der Waals surface area contributed by atoms with E-state index in [1.807, 2.05) is 91.0 Å². The molecule has 3 aromatic rings. The molecular formula is C36H42N2O5. The van der Waals surface area contributed by atoms with Gasteiger partial charge in [0.2, 0.25) is 11.8 Å². The number of allylic oxidation sites excluding steroid dienone is 2. The van der Waals surface area contributed by atoms with E-state index >= 15 is 0 Å². The highest BCUT2D eigenvalue weighted by Gasteiger charge is 2.27. The van der Waals surface area contributed by atoms with Gasteiger partial charge in [-0.1, -0.05) is 103 Å². The molecule has 0 unspecified atom stereocenters. The van der Waals surface area contributed by atoms with Crippen molar-refractivity contribution in [3.05, 3.63) is 133 Å². The lowest BCUT2D eigenvalue weighted by molar-refractivity contribution is -0.150. The van der Waals surface area contributed by atoms with Gasteiger partial charge in [0.15, 0.2) is 0 Å². The average molecular weight is 583 g/mol. The maximum Gasteiger partial charge on any atom is 0.309 e. The first-order chi connectivity index (χ1) is 20.9. The van der Waals surface area contributed by atoms with Gasteiger partial charge in [0.1, 0.15) is 6.61 Å². The maximum absolute atomic E-state index is 13.5. The highest BCUT2D eigenvalue weighted by Crippen LogP contribution is 2.20. The Bertz CT molecular complexity index is 1300. The Morgan fingerprint density at radius 3 is 1.84 bits per heavy atom.